The van der Waals surface area contributed by atoms with Gasteiger partial charge in [-0.15, -0.1) is 0 Å². The molecule has 0 radical (unpaired) electrons. The van der Waals surface area contributed by atoms with Gasteiger partial charge in [0.2, 0.25) is 0 Å². The highest BCUT2D eigenvalue weighted by Gasteiger charge is 2.20. The molecule has 0 spiro atoms. The minimum Gasteiger partial charge on any atom is -0.481 e. The fourth-order valence-corrected chi connectivity index (χ4v) is 1.69. The van der Waals surface area contributed by atoms with Crippen LogP contribution < -0.4 is 0 Å². The predicted molar refractivity (Wildman–Crippen MR) is 48.0 cm³/mol. The van der Waals surface area contributed by atoms with Crippen molar-refractivity contribution in [1.82, 2.24) is 9.55 Å². The largest absolute Gasteiger partial charge is 0.481 e. The number of aromatic nitrogens is 2. The fourth-order valence-electron chi connectivity index (χ4n) is 1.69. The third kappa shape index (κ3) is 1.77. The van der Waals surface area contributed by atoms with Crippen LogP contribution in [0, 0.1) is 0 Å². The van der Waals surface area contributed by atoms with E-state index in [-0.39, 0.29) is 12.5 Å². The van der Waals surface area contributed by atoms with E-state index in [0.29, 0.717) is 6.61 Å². The zero-order chi connectivity index (χ0) is 9.97. The third-order valence-corrected chi connectivity index (χ3v) is 2.38. The second-order valence-corrected chi connectivity index (χ2v) is 3.38. The summed E-state index contributed by atoms with van der Waals surface area (Å²) < 4.78 is 7.15. The van der Waals surface area contributed by atoms with Crippen molar-refractivity contribution in [3.63, 3.8) is 0 Å². The van der Waals surface area contributed by atoms with Crippen molar-refractivity contribution in [3.8, 4) is 0 Å². The van der Waals surface area contributed by atoms with Gasteiger partial charge in [0, 0.05) is 18.5 Å². The molecule has 1 unspecified atom stereocenters. The molecule has 5 heteroatoms. The molecule has 0 aliphatic carbocycles. The average Bonchev–Trinajstić information content (AvgIpc) is 2.70. The second-order valence-electron chi connectivity index (χ2n) is 3.38. The van der Waals surface area contributed by atoms with Gasteiger partial charge in [-0.3, -0.25) is 4.79 Å². The topological polar surface area (TPSA) is 64.3 Å². The summed E-state index contributed by atoms with van der Waals surface area (Å²) in [5, 5.41) is 8.68. The first-order chi connectivity index (χ1) is 6.77. The molecule has 1 aliphatic heterocycles. The Morgan fingerprint density at radius 3 is 3.29 bits per heavy atom. The number of carboxylic acids is 1. The van der Waals surface area contributed by atoms with Gasteiger partial charge < -0.3 is 14.4 Å². The molecule has 1 saturated heterocycles. The Bertz CT molecular complexity index is 329. The van der Waals surface area contributed by atoms with Crippen molar-refractivity contribution in [1.29, 1.82) is 0 Å². The average molecular weight is 196 g/mol. The Morgan fingerprint density at radius 1 is 1.79 bits per heavy atom. The standard InChI is InChI=1S/C9H12N2O3/c12-9(13)3-8-4-10-6-11(8)7-1-2-14-5-7/h4,6-7H,1-3,5H2,(H,12,13). The molecular formula is C9H12N2O3. The minimum atomic E-state index is -0.828. The van der Waals surface area contributed by atoms with Crippen LogP contribution in [0.4, 0.5) is 0 Å². The summed E-state index contributed by atoms with van der Waals surface area (Å²) >= 11 is 0. The Morgan fingerprint density at radius 2 is 2.64 bits per heavy atom. The highest BCUT2D eigenvalue weighted by atomic mass is 16.5. The molecule has 0 aromatic carbocycles. The predicted octanol–water partition coefficient (Wildman–Crippen LogP) is 0.472. The number of aliphatic carboxylic acids is 1. The molecule has 1 N–H and O–H groups in total. The van der Waals surface area contributed by atoms with E-state index in [4.69, 9.17) is 9.84 Å². The highest BCUT2D eigenvalue weighted by Crippen LogP contribution is 2.20. The first-order valence-corrected chi connectivity index (χ1v) is 4.57. The van der Waals surface area contributed by atoms with Crippen LogP contribution in [-0.2, 0) is 16.0 Å². The molecule has 1 aromatic heterocycles. The molecule has 1 fully saturated rings. The molecule has 5 nitrogen and oxygen atoms in total. The van der Waals surface area contributed by atoms with Gasteiger partial charge in [0.25, 0.3) is 0 Å². The van der Waals surface area contributed by atoms with Crippen LogP contribution >= 0.6 is 0 Å². The summed E-state index contributed by atoms with van der Waals surface area (Å²) in [6.07, 6.45) is 4.24. The van der Waals surface area contributed by atoms with Gasteiger partial charge in [-0.2, -0.15) is 0 Å². The smallest absolute Gasteiger partial charge is 0.309 e. The van der Waals surface area contributed by atoms with Gasteiger partial charge in [-0.25, -0.2) is 4.98 Å². The number of ether oxygens (including phenoxy) is 1. The molecule has 1 aromatic rings. The fraction of sp³-hybridized carbons (Fsp3) is 0.556. The molecule has 2 heterocycles. The van der Waals surface area contributed by atoms with E-state index < -0.39 is 5.97 Å². The molecule has 1 atom stereocenters. The number of nitrogens with zero attached hydrogens (tertiary/aromatic N) is 2. The van der Waals surface area contributed by atoms with E-state index >= 15 is 0 Å². The number of imidazole rings is 1. The quantitative estimate of drug-likeness (QED) is 0.763. The first kappa shape index (κ1) is 9.21. The molecule has 2 rings (SSSR count). The van der Waals surface area contributed by atoms with Crippen LogP contribution in [0.1, 0.15) is 18.2 Å². The molecule has 1 aliphatic rings. The van der Waals surface area contributed by atoms with Gasteiger partial charge in [0.15, 0.2) is 0 Å². The molecular weight excluding hydrogens is 184 g/mol. The van der Waals surface area contributed by atoms with Crippen LogP contribution in [0.5, 0.6) is 0 Å². The minimum absolute atomic E-state index is 0.0243. The van der Waals surface area contributed by atoms with Crippen LogP contribution in [0.25, 0.3) is 0 Å². The van der Waals surface area contributed by atoms with Crippen LogP contribution in [0.3, 0.4) is 0 Å². The summed E-state index contributed by atoms with van der Waals surface area (Å²) in [4.78, 5) is 14.5. The number of carbonyl (C=O) groups is 1. The lowest BCUT2D eigenvalue weighted by Gasteiger charge is -2.12. The van der Waals surface area contributed by atoms with Crippen molar-refractivity contribution in [2.45, 2.75) is 18.9 Å². The van der Waals surface area contributed by atoms with E-state index in [1.807, 2.05) is 4.57 Å². The van der Waals surface area contributed by atoms with Crippen molar-refractivity contribution in [2.24, 2.45) is 0 Å². The van der Waals surface area contributed by atoms with E-state index in [9.17, 15) is 4.79 Å². The van der Waals surface area contributed by atoms with Crippen molar-refractivity contribution < 1.29 is 14.6 Å². The van der Waals surface area contributed by atoms with Crippen molar-refractivity contribution >= 4 is 5.97 Å². The summed E-state index contributed by atoms with van der Waals surface area (Å²) in [5.41, 5.74) is 0.744. The van der Waals surface area contributed by atoms with E-state index in [1.165, 1.54) is 0 Å². The number of carboxylic acid groups (broad SMARTS) is 1. The molecule has 0 bridgehead atoms. The zero-order valence-corrected chi connectivity index (χ0v) is 7.72. The van der Waals surface area contributed by atoms with E-state index in [1.54, 1.807) is 12.5 Å². The second kappa shape index (κ2) is 3.79. The Kier molecular flexibility index (Phi) is 2.49. The summed E-state index contributed by atoms with van der Waals surface area (Å²) in [6, 6.07) is 0.256. The monoisotopic (exact) mass is 196 g/mol. The Balaban J connectivity index is 2.15. The molecule has 14 heavy (non-hydrogen) atoms. The van der Waals surface area contributed by atoms with Crippen molar-refractivity contribution in [2.75, 3.05) is 13.2 Å². The van der Waals surface area contributed by atoms with Crippen LogP contribution in [0.15, 0.2) is 12.5 Å². The maximum atomic E-state index is 10.6. The SMILES string of the molecule is O=C(O)Cc1cncn1C1CCOC1. The van der Waals surface area contributed by atoms with Crippen LogP contribution in [0.2, 0.25) is 0 Å². The molecule has 0 amide bonds. The maximum Gasteiger partial charge on any atom is 0.309 e. The van der Waals surface area contributed by atoms with Gasteiger partial charge in [0.1, 0.15) is 0 Å². The zero-order valence-electron chi connectivity index (χ0n) is 7.72. The Hall–Kier alpha value is -1.36. The molecule has 76 valence electrons. The number of rotatable bonds is 3. The number of hydrogen-bond donors (Lipinski definition) is 1. The summed E-state index contributed by atoms with van der Waals surface area (Å²) in [6.45, 7) is 1.40. The van der Waals surface area contributed by atoms with Gasteiger partial charge in [-0.05, 0) is 6.42 Å². The lowest BCUT2D eigenvalue weighted by atomic mass is 10.2. The van der Waals surface area contributed by atoms with Crippen molar-refractivity contribution in [3.05, 3.63) is 18.2 Å². The van der Waals surface area contributed by atoms with E-state index in [0.717, 1.165) is 18.7 Å². The van der Waals surface area contributed by atoms with Gasteiger partial charge in [-0.1, -0.05) is 0 Å². The van der Waals surface area contributed by atoms with E-state index in [2.05, 4.69) is 4.98 Å². The summed E-state index contributed by atoms with van der Waals surface area (Å²) in [5.74, 6) is -0.828. The van der Waals surface area contributed by atoms with Gasteiger partial charge in [0.05, 0.1) is 25.4 Å². The first-order valence-electron chi connectivity index (χ1n) is 4.57. The molecule has 0 saturated carbocycles. The lowest BCUT2D eigenvalue weighted by Crippen LogP contribution is -2.13. The third-order valence-electron chi connectivity index (χ3n) is 2.38. The van der Waals surface area contributed by atoms with Gasteiger partial charge >= 0.3 is 5.97 Å². The summed E-state index contributed by atoms with van der Waals surface area (Å²) in [7, 11) is 0. The lowest BCUT2D eigenvalue weighted by molar-refractivity contribution is -0.136. The number of hydrogen-bond acceptors (Lipinski definition) is 3. The Labute approximate surface area is 81.3 Å². The normalized spacial score (nSPS) is 21.3. The maximum absolute atomic E-state index is 10.6. The van der Waals surface area contributed by atoms with Crippen LogP contribution in [-0.4, -0.2) is 33.8 Å². The highest BCUT2D eigenvalue weighted by molar-refractivity contribution is 5.69.